The lowest BCUT2D eigenvalue weighted by molar-refractivity contribution is 0.0604. The summed E-state index contributed by atoms with van der Waals surface area (Å²) in [5.74, 6) is -0.406. The Bertz CT molecular complexity index is 488. The number of anilines is 1. The zero-order valence-electron chi connectivity index (χ0n) is 7.73. The summed E-state index contributed by atoms with van der Waals surface area (Å²) in [5.41, 5.74) is 7.33. The Labute approximate surface area is 80.9 Å². The molecule has 0 aliphatic carbocycles. The molecule has 0 fully saturated rings. The van der Waals surface area contributed by atoms with Crippen molar-refractivity contribution >= 4 is 17.2 Å². The normalized spacial score (nSPS) is 10.4. The number of carbonyl (C=O) groups is 1. The summed E-state index contributed by atoms with van der Waals surface area (Å²) in [7, 11) is 1.34. The molecular weight excluding hydrogens is 180 g/mol. The van der Waals surface area contributed by atoms with Gasteiger partial charge in [-0.1, -0.05) is 6.07 Å². The van der Waals surface area contributed by atoms with Gasteiger partial charge in [0.15, 0.2) is 0 Å². The third-order valence-electron chi connectivity index (χ3n) is 2.10. The van der Waals surface area contributed by atoms with E-state index in [1.807, 2.05) is 24.4 Å². The van der Waals surface area contributed by atoms with Gasteiger partial charge in [-0.3, -0.25) is 0 Å². The maximum atomic E-state index is 11.4. The van der Waals surface area contributed by atoms with E-state index < -0.39 is 5.97 Å². The Kier molecular flexibility index (Phi) is 1.89. The summed E-state index contributed by atoms with van der Waals surface area (Å²) in [6.07, 6.45) is 3.53. The van der Waals surface area contributed by atoms with Gasteiger partial charge in [0, 0.05) is 12.4 Å². The van der Waals surface area contributed by atoms with Crippen LogP contribution >= 0.6 is 0 Å². The first-order valence-corrected chi connectivity index (χ1v) is 4.17. The van der Waals surface area contributed by atoms with Crippen molar-refractivity contribution in [2.45, 2.75) is 0 Å². The first kappa shape index (κ1) is 8.62. The lowest BCUT2D eigenvalue weighted by Gasteiger charge is -1.98. The summed E-state index contributed by atoms with van der Waals surface area (Å²) in [6.45, 7) is 0. The van der Waals surface area contributed by atoms with Crippen LogP contribution in [-0.2, 0) is 4.74 Å². The molecule has 0 saturated heterocycles. The second-order valence-corrected chi connectivity index (χ2v) is 2.94. The number of hydrogen-bond acceptors (Lipinski definition) is 3. The number of nitrogen functional groups attached to an aromatic ring is 1. The van der Waals surface area contributed by atoms with Crippen LogP contribution in [0.25, 0.3) is 5.52 Å². The lowest BCUT2D eigenvalue weighted by Crippen LogP contribution is -2.03. The number of nitrogens with zero attached hydrogens (tertiary/aromatic N) is 1. The first-order valence-electron chi connectivity index (χ1n) is 4.17. The van der Waals surface area contributed by atoms with Gasteiger partial charge in [-0.25, -0.2) is 4.79 Å². The van der Waals surface area contributed by atoms with Crippen LogP contribution in [0.15, 0.2) is 30.6 Å². The van der Waals surface area contributed by atoms with E-state index in [9.17, 15) is 4.79 Å². The number of pyridine rings is 1. The monoisotopic (exact) mass is 190 g/mol. The summed E-state index contributed by atoms with van der Waals surface area (Å²) >= 11 is 0. The Balaban J connectivity index is 2.74. The van der Waals surface area contributed by atoms with Crippen molar-refractivity contribution in [2.24, 2.45) is 0 Å². The fourth-order valence-corrected chi connectivity index (χ4v) is 1.47. The molecule has 4 heteroatoms. The molecular formula is C10H10N2O2. The number of carbonyl (C=O) groups excluding carboxylic acids is 1. The third-order valence-corrected chi connectivity index (χ3v) is 2.10. The van der Waals surface area contributed by atoms with E-state index in [-0.39, 0.29) is 0 Å². The van der Waals surface area contributed by atoms with E-state index in [0.29, 0.717) is 11.3 Å². The molecule has 2 aromatic rings. The minimum Gasteiger partial charge on any atom is -0.465 e. The van der Waals surface area contributed by atoms with Gasteiger partial charge in [0.25, 0.3) is 0 Å². The zero-order valence-corrected chi connectivity index (χ0v) is 7.73. The first-order chi connectivity index (χ1) is 6.74. The smallest absolute Gasteiger partial charge is 0.342 e. The van der Waals surface area contributed by atoms with Crippen LogP contribution in [0.3, 0.4) is 0 Å². The number of esters is 1. The molecule has 0 bridgehead atoms. The highest BCUT2D eigenvalue weighted by atomic mass is 16.5. The van der Waals surface area contributed by atoms with Crippen molar-refractivity contribution in [1.82, 2.24) is 4.40 Å². The Morgan fingerprint density at radius 1 is 1.50 bits per heavy atom. The average molecular weight is 190 g/mol. The number of aromatic nitrogens is 1. The molecule has 72 valence electrons. The summed E-state index contributed by atoms with van der Waals surface area (Å²) in [4.78, 5) is 11.4. The maximum absolute atomic E-state index is 11.4. The molecule has 14 heavy (non-hydrogen) atoms. The average Bonchev–Trinajstić information content (AvgIpc) is 2.53. The van der Waals surface area contributed by atoms with E-state index in [1.54, 1.807) is 10.6 Å². The van der Waals surface area contributed by atoms with Crippen LogP contribution in [-0.4, -0.2) is 17.5 Å². The van der Waals surface area contributed by atoms with E-state index in [2.05, 4.69) is 4.74 Å². The van der Waals surface area contributed by atoms with E-state index in [0.717, 1.165) is 5.52 Å². The van der Waals surface area contributed by atoms with Gasteiger partial charge in [-0.15, -0.1) is 0 Å². The number of fused-ring (bicyclic) bond motifs is 1. The highest BCUT2D eigenvalue weighted by Gasteiger charge is 2.15. The molecule has 2 aromatic heterocycles. The predicted molar refractivity (Wildman–Crippen MR) is 53.1 cm³/mol. The van der Waals surface area contributed by atoms with Gasteiger partial charge in [0.1, 0.15) is 5.56 Å². The zero-order chi connectivity index (χ0) is 10.1. The fourth-order valence-electron chi connectivity index (χ4n) is 1.47. The van der Waals surface area contributed by atoms with Crippen molar-refractivity contribution in [2.75, 3.05) is 12.8 Å². The van der Waals surface area contributed by atoms with Gasteiger partial charge >= 0.3 is 5.97 Å². The molecule has 2 heterocycles. The number of nitrogens with two attached hydrogens (primary N) is 1. The minimum atomic E-state index is -0.406. The highest BCUT2D eigenvalue weighted by Crippen LogP contribution is 2.21. The Morgan fingerprint density at radius 3 is 3.00 bits per heavy atom. The maximum Gasteiger partial charge on any atom is 0.342 e. The van der Waals surface area contributed by atoms with Crippen molar-refractivity contribution in [3.8, 4) is 0 Å². The van der Waals surface area contributed by atoms with E-state index >= 15 is 0 Å². The fraction of sp³-hybridized carbons (Fsp3) is 0.100. The second kappa shape index (κ2) is 3.06. The third kappa shape index (κ3) is 1.12. The molecule has 2 N–H and O–H groups in total. The van der Waals surface area contributed by atoms with Gasteiger partial charge in [0.2, 0.25) is 0 Å². The molecule has 0 radical (unpaired) electrons. The highest BCUT2D eigenvalue weighted by molar-refractivity contribution is 6.02. The van der Waals surface area contributed by atoms with Crippen LogP contribution in [0.1, 0.15) is 10.4 Å². The van der Waals surface area contributed by atoms with Crippen LogP contribution < -0.4 is 5.73 Å². The summed E-state index contributed by atoms with van der Waals surface area (Å²) in [5, 5.41) is 0. The molecule has 0 amide bonds. The van der Waals surface area contributed by atoms with Crippen molar-refractivity contribution < 1.29 is 9.53 Å². The van der Waals surface area contributed by atoms with Crippen LogP contribution in [0.4, 0.5) is 5.69 Å². The molecule has 0 atom stereocenters. The largest absolute Gasteiger partial charge is 0.465 e. The molecule has 0 saturated carbocycles. The number of rotatable bonds is 1. The SMILES string of the molecule is COC(=O)c1c(N)cn2ccccc12. The summed E-state index contributed by atoms with van der Waals surface area (Å²) in [6, 6.07) is 5.54. The lowest BCUT2D eigenvalue weighted by atomic mass is 10.2. The van der Waals surface area contributed by atoms with E-state index in [4.69, 9.17) is 5.73 Å². The van der Waals surface area contributed by atoms with E-state index in [1.165, 1.54) is 7.11 Å². The number of methoxy groups -OCH3 is 1. The van der Waals surface area contributed by atoms with Gasteiger partial charge in [0.05, 0.1) is 18.3 Å². The van der Waals surface area contributed by atoms with Crippen molar-refractivity contribution in [3.05, 3.63) is 36.2 Å². The molecule has 4 nitrogen and oxygen atoms in total. The van der Waals surface area contributed by atoms with Crippen molar-refractivity contribution in [3.63, 3.8) is 0 Å². The number of ether oxygens (including phenoxy) is 1. The van der Waals surface area contributed by atoms with Crippen LogP contribution in [0.2, 0.25) is 0 Å². The molecule has 0 spiro atoms. The Morgan fingerprint density at radius 2 is 2.29 bits per heavy atom. The van der Waals surface area contributed by atoms with Gasteiger partial charge < -0.3 is 14.9 Å². The number of hydrogen-bond donors (Lipinski definition) is 1. The predicted octanol–water partition coefficient (Wildman–Crippen LogP) is 1.31. The molecule has 0 aromatic carbocycles. The summed E-state index contributed by atoms with van der Waals surface area (Å²) < 4.78 is 6.44. The molecule has 0 unspecified atom stereocenters. The standard InChI is InChI=1S/C10H10N2O2/c1-14-10(13)9-7(11)6-12-5-3-2-4-8(9)12/h2-6H,11H2,1H3. The van der Waals surface area contributed by atoms with Crippen LogP contribution in [0, 0.1) is 0 Å². The quantitative estimate of drug-likeness (QED) is 0.690. The molecule has 2 rings (SSSR count). The topological polar surface area (TPSA) is 56.7 Å². The van der Waals surface area contributed by atoms with Gasteiger partial charge in [-0.2, -0.15) is 0 Å². The van der Waals surface area contributed by atoms with Gasteiger partial charge in [-0.05, 0) is 12.1 Å². The van der Waals surface area contributed by atoms with Crippen molar-refractivity contribution in [1.29, 1.82) is 0 Å². The molecule has 0 aliphatic rings. The molecule has 0 aliphatic heterocycles. The van der Waals surface area contributed by atoms with Crippen LogP contribution in [0.5, 0.6) is 0 Å². The second-order valence-electron chi connectivity index (χ2n) is 2.94. The Hall–Kier alpha value is -1.97. The minimum absolute atomic E-state index is 0.406.